The maximum absolute atomic E-state index is 6.20. The van der Waals surface area contributed by atoms with Gasteiger partial charge in [0.15, 0.2) is 0 Å². The van der Waals surface area contributed by atoms with Crippen LogP contribution in [-0.4, -0.2) is 19.2 Å². The van der Waals surface area contributed by atoms with Gasteiger partial charge in [-0.2, -0.15) is 0 Å². The first-order valence-corrected chi connectivity index (χ1v) is 7.93. The molecule has 2 aliphatic rings. The van der Waals surface area contributed by atoms with Crippen molar-refractivity contribution < 1.29 is 4.74 Å². The molecule has 2 nitrogen and oxygen atoms in total. The summed E-state index contributed by atoms with van der Waals surface area (Å²) in [5, 5.41) is 4.36. The molecule has 1 aromatic carbocycles. The molecule has 1 aromatic rings. The summed E-state index contributed by atoms with van der Waals surface area (Å²) in [7, 11) is 0. The normalized spacial score (nSPS) is 18.0. The summed E-state index contributed by atoms with van der Waals surface area (Å²) < 4.78 is 5.75. The topological polar surface area (TPSA) is 21.3 Å². The molecule has 108 valence electrons. The fraction of sp³-hybridized carbons (Fsp3) is 0.529. The quantitative estimate of drug-likeness (QED) is 0.634. The summed E-state index contributed by atoms with van der Waals surface area (Å²) in [6.07, 6.45) is 8.07. The third-order valence-electron chi connectivity index (χ3n) is 3.94. The largest absolute Gasteiger partial charge is 0.493 e. The van der Waals surface area contributed by atoms with Crippen LogP contribution in [0.1, 0.15) is 37.3 Å². The molecule has 1 saturated carbocycles. The van der Waals surface area contributed by atoms with Gasteiger partial charge in [-0.15, -0.1) is 0 Å². The van der Waals surface area contributed by atoms with Crippen LogP contribution in [-0.2, 0) is 12.8 Å². The van der Waals surface area contributed by atoms with Crippen LogP contribution in [0, 0.1) is 0 Å². The zero-order valence-corrected chi connectivity index (χ0v) is 12.8. The Balaban J connectivity index is 1.60. The maximum Gasteiger partial charge on any atom is 0.126 e. The van der Waals surface area contributed by atoms with Crippen molar-refractivity contribution in [2.24, 2.45) is 0 Å². The van der Waals surface area contributed by atoms with Gasteiger partial charge in [0.1, 0.15) is 5.75 Å². The Hall–Kier alpha value is -0.990. The number of halogens is 1. The van der Waals surface area contributed by atoms with E-state index in [2.05, 4.69) is 18.3 Å². The molecule has 0 saturated heterocycles. The minimum Gasteiger partial charge on any atom is -0.493 e. The van der Waals surface area contributed by atoms with Crippen LogP contribution in [0.4, 0.5) is 0 Å². The highest BCUT2D eigenvalue weighted by atomic mass is 35.5. The third-order valence-corrected chi connectivity index (χ3v) is 4.16. The Morgan fingerprint density at radius 1 is 1.45 bits per heavy atom. The highest BCUT2D eigenvalue weighted by Crippen LogP contribution is 2.34. The van der Waals surface area contributed by atoms with E-state index >= 15 is 0 Å². The molecule has 0 atom stereocenters. The molecule has 1 heterocycles. The molecule has 0 spiro atoms. The number of benzene rings is 1. The lowest BCUT2D eigenvalue weighted by molar-refractivity contribution is 0.354. The van der Waals surface area contributed by atoms with E-state index in [1.54, 1.807) is 0 Å². The first-order chi connectivity index (χ1) is 9.72. The summed E-state index contributed by atoms with van der Waals surface area (Å²) in [6.45, 7) is 4.07. The predicted molar refractivity (Wildman–Crippen MR) is 83.8 cm³/mol. The van der Waals surface area contributed by atoms with Crippen molar-refractivity contribution in [3.63, 3.8) is 0 Å². The molecule has 1 aliphatic heterocycles. The molecule has 1 fully saturated rings. The van der Waals surface area contributed by atoms with E-state index < -0.39 is 0 Å². The molecule has 3 rings (SSSR count). The lowest BCUT2D eigenvalue weighted by atomic mass is 10.0. The van der Waals surface area contributed by atoms with Gasteiger partial charge in [-0.3, -0.25) is 0 Å². The molecule has 0 bridgehead atoms. The molecular formula is C17H22ClNO. The first kappa shape index (κ1) is 14.0. The fourth-order valence-electron chi connectivity index (χ4n) is 2.74. The molecule has 1 N–H and O–H groups in total. The zero-order valence-electron chi connectivity index (χ0n) is 12.0. The van der Waals surface area contributed by atoms with Gasteiger partial charge < -0.3 is 10.1 Å². The summed E-state index contributed by atoms with van der Waals surface area (Å²) in [5.74, 6) is 1.07. The van der Waals surface area contributed by atoms with E-state index in [0.717, 1.165) is 49.2 Å². The Kier molecular flexibility index (Phi) is 4.32. The van der Waals surface area contributed by atoms with Crippen LogP contribution in [0.2, 0.25) is 5.02 Å². The number of allylic oxidation sites excluding steroid dienone is 1. The maximum atomic E-state index is 6.20. The van der Waals surface area contributed by atoms with Crippen molar-refractivity contribution in [3.05, 3.63) is 39.9 Å². The highest BCUT2D eigenvalue weighted by molar-refractivity contribution is 6.30. The highest BCUT2D eigenvalue weighted by Gasteiger charge is 2.19. The van der Waals surface area contributed by atoms with Crippen LogP contribution in [0.3, 0.4) is 0 Å². The van der Waals surface area contributed by atoms with Gasteiger partial charge in [-0.1, -0.05) is 23.3 Å². The van der Waals surface area contributed by atoms with E-state index in [-0.39, 0.29) is 0 Å². The van der Waals surface area contributed by atoms with Crippen LogP contribution < -0.4 is 10.1 Å². The molecular weight excluding hydrogens is 270 g/mol. The van der Waals surface area contributed by atoms with E-state index in [0.29, 0.717) is 0 Å². The average molecular weight is 292 g/mol. The van der Waals surface area contributed by atoms with E-state index in [4.69, 9.17) is 16.3 Å². The second-order valence-electron chi connectivity index (χ2n) is 5.90. The number of nitrogens with one attached hydrogen (secondary N) is 1. The molecule has 0 amide bonds. The van der Waals surface area contributed by atoms with E-state index in [1.165, 1.54) is 29.5 Å². The van der Waals surface area contributed by atoms with Gasteiger partial charge >= 0.3 is 0 Å². The van der Waals surface area contributed by atoms with Gasteiger partial charge in [0.25, 0.3) is 0 Å². The van der Waals surface area contributed by atoms with Crippen molar-refractivity contribution in [1.82, 2.24) is 5.32 Å². The molecule has 0 unspecified atom stereocenters. The summed E-state index contributed by atoms with van der Waals surface area (Å²) >= 11 is 6.20. The summed E-state index contributed by atoms with van der Waals surface area (Å²) in [4.78, 5) is 0. The van der Waals surface area contributed by atoms with Crippen LogP contribution >= 0.6 is 11.6 Å². The number of rotatable bonds is 6. The van der Waals surface area contributed by atoms with Gasteiger partial charge in [0.2, 0.25) is 0 Å². The third kappa shape index (κ3) is 3.56. The van der Waals surface area contributed by atoms with Gasteiger partial charge in [-0.25, -0.2) is 0 Å². The second kappa shape index (κ2) is 6.19. The number of hydrogen-bond donors (Lipinski definition) is 1. The minimum atomic E-state index is 0.788. The lowest BCUT2D eigenvalue weighted by Crippen LogP contribution is -2.16. The zero-order chi connectivity index (χ0) is 13.9. The SMILES string of the molecule is C/C(=C/CCNC1CC1)Cc1cc(Cl)cc2c1OCC2. The lowest BCUT2D eigenvalue weighted by Gasteiger charge is -2.09. The Labute approximate surface area is 126 Å². The van der Waals surface area contributed by atoms with Gasteiger partial charge in [0, 0.05) is 17.5 Å². The summed E-state index contributed by atoms with van der Waals surface area (Å²) in [5.41, 5.74) is 3.88. The molecule has 3 heteroatoms. The fourth-order valence-corrected chi connectivity index (χ4v) is 3.01. The monoisotopic (exact) mass is 291 g/mol. The van der Waals surface area contributed by atoms with E-state index in [9.17, 15) is 0 Å². The number of ether oxygens (including phenoxy) is 1. The Bertz CT molecular complexity index is 520. The minimum absolute atomic E-state index is 0.788. The molecule has 0 aromatic heterocycles. The van der Waals surface area contributed by atoms with Crippen LogP contribution in [0.15, 0.2) is 23.8 Å². The average Bonchev–Trinajstić information content (AvgIpc) is 3.11. The van der Waals surface area contributed by atoms with Crippen LogP contribution in [0.25, 0.3) is 0 Å². The van der Waals surface area contributed by atoms with Crippen molar-refractivity contribution >= 4 is 11.6 Å². The molecule has 0 radical (unpaired) electrons. The standard InChI is InChI=1S/C17H22ClNO/c1-12(3-2-7-19-16-4-5-16)9-14-11-15(18)10-13-6-8-20-17(13)14/h3,10-11,16,19H,2,4-9H2,1H3/b12-3-. The van der Waals surface area contributed by atoms with Gasteiger partial charge in [-0.05, 0) is 62.4 Å². The van der Waals surface area contributed by atoms with Crippen LogP contribution in [0.5, 0.6) is 5.75 Å². The van der Waals surface area contributed by atoms with Crippen molar-refractivity contribution in [1.29, 1.82) is 0 Å². The number of fused-ring (bicyclic) bond motifs is 1. The molecule has 1 aliphatic carbocycles. The van der Waals surface area contributed by atoms with E-state index in [1.807, 2.05) is 12.1 Å². The molecule has 20 heavy (non-hydrogen) atoms. The van der Waals surface area contributed by atoms with Crippen molar-refractivity contribution in [2.75, 3.05) is 13.2 Å². The first-order valence-electron chi connectivity index (χ1n) is 7.55. The van der Waals surface area contributed by atoms with Crippen molar-refractivity contribution in [2.45, 2.75) is 45.1 Å². The predicted octanol–water partition coefficient (Wildman–Crippen LogP) is 3.91. The smallest absolute Gasteiger partial charge is 0.126 e. The second-order valence-corrected chi connectivity index (χ2v) is 6.33. The Morgan fingerprint density at radius 3 is 3.10 bits per heavy atom. The van der Waals surface area contributed by atoms with Crippen molar-refractivity contribution in [3.8, 4) is 5.75 Å². The summed E-state index contributed by atoms with van der Waals surface area (Å²) in [6, 6.07) is 4.88. The van der Waals surface area contributed by atoms with Gasteiger partial charge in [0.05, 0.1) is 6.61 Å². The number of hydrogen-bond acceptors (Lipinski definition) is 2. The Morgan fingerprint density at radius 2 is 2.30 bits per heavy atom.